The van der Waals surface area contributed by atoms with Gasteiger partial charge in [0.15, 0.2) is 0 Å². The summed E-state index contributed by atoms with van der Waals surface area (Å²) in [6.07, 6.45) is 1.26. The topological polar surface area (TPSA) is 66.0 Å². The van der Waals surface area contributed by atoms with Crippen molar-refractivity contribution in [3.8, 4) is 0 Å². The van der Waals surface area contributed by atoms with Gasteiger partial charge in [-0.2, -0.15) is 4.39 Å². The monoisotopic (exact) mass is 180 g/mol. The summed E-state index contributed by atoms with van der Waals surface area (Å²) in [5.41, 5.74) is 0.543. The average molecular weight is 180 g/mol. The Bertz CT molecular complexity index is 478. The number of aromatic amines is 1. The number of fused-ring (bicyclic) bond motifs is 1. The molecule has 0 aliphatic carbocycles. The standard InChI is InChI=1S/C8H5FN2O2/c9-7-2-4-1-5(8(12)13)11-6(4)3-10-7/h1-3,11H,(H,12,13). The quantitative estimate of drug-likeness (QED) is 0.652. The van der Waals surface area contributed by atoms with E-state index in [1.807, 2.05) is 0 Å². The van der Waals surface area contributed by atoms with Crippen LogP contribution in [-0.2, 0) is 0 Å². The average Bonchev–Trinajstić information content (AvgIpc) is 2.46. The fraction of sp³-hybridized carbons (Fsp3) is 0. The molecule has 0 spiro atoms. The molecule has 2 aromatic heterocycles. The lowest BCUT2D eigenvalue weighted by molar-refractivity contribution is 0.0691. The van der Waals surface area contributed by atoms with E-state index in [9.17, 15) is 9.18 Å². The van der Waals surface area contributed by atoms with E-state index in [-0.39, 0.29) is 5.69 Å². The Morgan fingerprint density at radius 2 is 2.31 bits per heavy atom. The van der Waals surface area contributed by atoms with Gasteiger partial charge in [-0.3, -0.25) is 0 Å². The van der Waals surface area contributed by atoms with Gasteiger partial charge in [0.2, 0.25) is 5.95 Å². The molecule has 0 bridgehead atoms. The van der Waals surface area contributed by atoms with Crippen LogP contribution in [-0.4, -0.2) is 21.0 Å². The molecule has 0 saturated heterocycles. The predicted octanol–water partition coefficient (Wildman–Crippen LogP) is 1.40. The molecule has 2 aromatic rings. The second-order valence-electron chi connectivity index (χ2n) is 2.58. The maximum Gasteiger partial charge on any atom is 0.352 e. The predicted molar refractivity (Wildman–Crippen MR) is 43.0 cm³/mol. The van der Waals surface area contributed by atoms with Gasteiger partial charge in [-0.25, -0.2) is 9.78 Å². The molecule has 0 aliphatic rings. The highest BCUT2D eigenvalue weighted by molar-refractivity contribution is 5.93. The molecule has 66 valence electrons. The zero-order valence-corrected chi connectivity index (χ0v) is 6.41. The van der Waals surface area contributed by atoms with Gasteiger partial charge in [0.25, 0.3) is 0 Å². The molecule has 0 fully saturated rings. The second-order valence-corrected chi connectivity index (χ2v) is 2.58. The van der Waals surface area contributed by atoms with Crippen molar-refractivity contribution in [1.29, 1.82) is 0 Å². The normalized spacial score (nSPS) is 10.5. The molecule has 13 heavy (non-hydrogen) atoms. The number of aromatic carboxylic acids is 1. The first kappa shape index (κ1) is 7.72. The first-order chi connectivity index (χ1) is 6.16. The number of rotatable bonds is 1. The Kier molecular flexibility index (Phi) is 1.51. The minimum absolute atomic E-state index is 0.0300. The number of hydrogen-bond donors (Lipinski definition) is 2. The van der Waals surface area contributed by atoms with Crippen molar-refractivity contribution in [3.05, 3.63) is 30.0 Å². The third kappa shape index (κ3) is 1.24. The molecule has 0 saturated carbocycles. The highest BCUT2D eigenvalue weighted by Crippen LogP contribution is 2.14. The highest BCUT2D eigenvalue weighted by Gasteiger charge is 2.07. The van der Waals surface area contributed by atoms with Crippen molar-refractivity contribution in [2.75, 3.05) is 0 Å². The summed E-state index contributed by atoms with van der Waals surface area (Å²) in [4.78, 5) is 16.5. The summed E-state index contributed by atoms with van der Waals surface area (Å²) in [5.74, 6) is -1.69. The highest BCUT2D eigenvalue weighted by atomic mass is 19.1. The molecule has 2 heterocycles. The maximum absolute atomic E-state index is 12.6. The van der Waals surface area contributed by atoms with E-state index in [2.05, 4.69) is 9.97 Å². The van der Waals surface area contributed by atoms with Crippen LogP contribution in [0.25, 0.3) is 10.9 Å². The van der Waals surface area contributed by atoms with Crippen LogP contribution >= 0.6 is 0 Å². The summed E-state index contributed by atoms with van der Waals surface area (Å²) < 4.78 is 12.6. The van der Waals surface area contributed by atoms with Crippen LogP contribution in [0.3, 0.4) is 0 Å². The van der Waals surface area contributed by atoms with E-state index in [1.165, 1.54) is 18.3 Å². The molecular formula is C8H5FN2O2. The lowest BCUT2D eigenvalue weighted by Crippen LogP contribution is -1.94. The van der Waals surface area contributed by atoms with Crippen molar-refractivity contribution in [2.24, 2.45) is 0 Å². The van der Waals surface area contributed by atoms with Crippen molar-refractivity contribution in [3.63, 3.8) is 0 Å². The SMILES string of the molecule is O=C(O)c1cc2cc(F)ncc2[nH]1. The Morgan fingerprint density at radius 3 is 3.00 bits per heavy atom. The minimum atomic E-state index is -1.07. The second kappa shape index (κ2) is 2.55. The first-order valence-corrected chi connectivity index (χ1v) is 3.54. The molecule has 0 atom stereocenters. The first-order valence-electron chi connectivity index (χ1n) is 3.54. The number of carboxylic acids is 1. The van der Waals surface area contributed by atoms with Crippen LogP contribution in [0.1, 0.15) is 10.5 Å². The van der Waals surface area contributed by atoms with Crippen LogP contribution in [0.4, 0.5) is 4.39 Å². The number of nitrogens with zero attached hydrogens (tertiary/aromatic N) is 1. The lowest BCUT2D eigenvalue weighted by Gasteiger charge is -1.86. The minimum Gasteiger partial charge on any atom is -0.477 e. The fourth-order valence-corrected chi connectivity index (χ4v) is 1.12. The Balaban J connectivity index is 2.68. The van der Waals surface area contributed by atoms with E-state index in [0.29, 0.717) is 10.9 Å². The van der Waals surface area contributed by atoms with Gasteiger partial charge in [-0.1, -0.05) is 0 Å². The number of hydrogen-bond acceptors (Lipinski definition) is 2. The Morgan fingerprint density at radius 1 is 1.54 bits per heavy atom. The Labute approximate surface area is 72.0 Å². The van der Waals surface area contributed by atoms with Gasteiger partial charge >= 0.3 is 5.97 Å². The summed E-state index contributed by atoms with van der Waals surface area (Å²) in [7, 11) is 0. The molecule has 0 unspecified atom stereocenters. The van der Waals surface area contributed by atoms with Gasteiger partial charge in [0, 0.05) is 11.5 Å². The van der Waals surface area contributed by atoms with E-state index in [4.69, 9.17) is 5.11 Å². The fourth-order valence-electron chi connectivity index (χ4n) is 1.12. The van der Waals surface area contributed by atoms with Crippen molar-refractivity contribution in [2.45, 2.75) is 0 Å². The largest absolute Gasteiger partial charge is 0.477 e. The number of halogens is 1. The zero-order valence-electron chi connectivity index (χ0n) is 6.41. The van der Waals surface area contributed by atoms with Crippen LogP contribution in [0.2, 0.25) is 0 Å². The third-order valence-electron chi connectivity index (χ3n) is 1.70. The smallest absolute Gasteiger partial charge is 0.352 e. The lowest BCUT2D eigenvalue weighted by atomic mass is 10.3. The molecule has 4 nitrogen and oxygen atoms in total. The molecule has 2 rings (SSSR count). The van der Waals surface area contributed by atoms with Gasteiger partial charge in [0.1, 0.15) is 5.69 Å². The summed E-state index contributed by atoms with van der Waals surface area (Å²) in [5, 5.41) is 9.11. The number of carboxylic acid groups (broad SMARTS) is 1. The number of aromatic nitrogens is 2. The van der Waals surface area contributed by atoms with Crippen LogP contribution in [0.5, 0.6) is 0 Å². The molecule has 5 heteroatoms. The van der Waals surface area contributed by atoms with Crippen molar-refractivity contribution >= 4 is 16.9 Å². The number of pyridine rings is 1. The number of H-pyrrole nitrogens is 1. The maximum atomic E-state index is 12.6. The molecular weight excluding hydrogens is 175 g/mol. The van der Waals surface area contributed by atoms with E-state index in [0.717, 1.165) is 0 Å². The van der Waals surface area contributed by atoms with Crippen LogP contribution in [0, 0.1) is 5.95 Å². The van der Waals surface area contributed by atoms with Crippen molar-refractivity contribution in [1.82, 2.24) is 9.97 Å². The third-order valence-corrected chi connectivity index (χ3v) is 1.70. The van der Waals surface area contributed by atoms with Gasteiger partial charge < -0.3 is 10.1 Å². The van der Waals surface area contributed by atoms with Crippen LogP contribution < -0.4 is 0 Å². The molecule has 0 aliphatic heterocycles. The molecule has 0 amide bonds. The van der Waals surface area contributed by atoms with E-state index >= 15 is 0 Å². The van der Waals surface area contributed by atoms with Crippen molar-refractivity contribution < 1.29 is 14.3 Å². The van der Waals surface area contributed by atoms with Crippen LogP contribution in [0.15, 0.2) is 18.3 Å². The summed E-state index contributed by atoms with van der Waals surface area (Å²) in [6.45, 7) is 0. The number of carbonyl (C=O) groups is 1. The van der Waals surface area contributed by atoms with E-state index in [1.54, 1.807) is 0 Å². The Hall–Kier alpha value is -1.91. The van der Waals surface area contributed by atoms with Gasteiger partial charge in [-0.15, -0.1) is 0 Å². The zero-order chi connectivity index (χ0) is 9.42. The number of nitrogens with one attached hydrogen (secondary N) is 1. The summed E-state index contributed by atoms with van der Waals surface area (Å²) in [6, 6.07) is 2.54. The molecule has 0 aromatic carbocycles. The van der Waals surface area contributed by atoms with Gasteiger partial charge in [0.05, 0.1) is 11.7 Å². The summed E-state index contributed by atoms with van der Waals surface area (Å²) >= 11 is 0. The van der Waals surface area contributed by atoms with E-state index < -0.39 is 11.9 Å². The van der Waals surface area contributed by atoms with Gasteiger partial charge in [-0.05, 0) is 6.07 Å². The molecule has 2 N–H and O–H groups in total. The molecule has 0 radical (unpaired) electrons.